The van der Waals surface area contributed by atoms with Gasteiger partial charge in [0.2, 0.25) is 0 Å². The molecule has 0 bridgehead atoms. The summed E-state index contributed by atoms with van der Waals surface area (Å²) in [5, 5.41) is 11.2. The molecule has 128 valence electrons. The first kappa shape index (κ1) is 16.7. The lowest BCUT2D eigenvalue weighted by Crippen LogP contribution is -2.25. The number of aromatic nitrogens is 2. The molecule has 2 heterocycles. The van der Waals surface area contributed by atoms with Crippen molar-refractivity contribution in [2.75, 3.05) is 6.54 Å². The number of carboxylic acids is 1. The van der Waals surface area contributed by atoms with E-state index in [1.54, 1.807) is 12.1 Å². The molecule has 7 heteroatoms. The number of hydrogen-bond donors (Lipinski definition) is 3. The number of nitrogens with one attached hydrogen (secondary N) is 1. The summed E-state index contributed by atoms with van der Waals surface area (Å²) in [5.74, 6) is -1.24. The van der Waals surface area contributed by atoms with E-state index in [1.807, 2.05) is 41.1 Å². The first-order valence-corrected chi connectivity index (χ1v) is 7.85. The average Bonchev–Trinajstić information content (AvgIpc) is 3.04. The number of carbonyl (C=O) groups excluding carboxylic acids is 1. The highest BCUT2D eigenvalue weighted by Crippen LogP contribution is 2.20. The number of imidazole rings is 1. The Hall–Kier alpha value is -3.19. The Morgan fingerprint density at radius 3 is 2.56 bits per heavy atom. The largest absolute Gasteiger partial charge is 0.481 e. The van der Waals surface area contributed by atoms with Gasteiger partial charge in [-0.25, -0.2) is 4.98 Å². The van der Waals surface area contributed by atoms with Crippen molar-refractivity contribution in [1.29, 1.82) is 0 Å². The van der Waals surface area contributed by atoms with Crippen LogP contribution in [0.4, 0.5) is 0 Å². The van der Waals surface area contributed by atoms with Crippen molar-refractivity contribution in [2.45, 2.75) is 13.0 Å². The van der Waals surface area contributed by atoms with Gasteiger partial charge in [0.25, 0.3) is 5.91 Å². The molecule has 0 fully saturated rings. The zero-order chi connectivity index (χ0) is 17.8. The van der Waals surface area contributed by atoms with E-state index >= 15 is 0 Å². The van der Waals surface area contributed by atoms with Crippen LogP contribution in [-0.4, -0.2) is 32.9 Å². The summed E-state index contributed by atoms with van der Waals surface area (Å²) in [6.07, 6.45) is 3.75. The molecule has 7 nitrogen and oxygen atoms in total. The lowest BCUT2D eigenvalue weighted by atomic mass is 10.1. The predicted molar refractivity (Wildman–Crippen MR) is 93.1 cm³/mol. The van der Waals surface area contributed by atoms with E-state index < -0.39 is 5.97 Å². The molecule has 0 saturated heterocycles. The van der Waals surface area contributed by atoms with Gasteiger partial charge in [-0.1, -0.05) is 18.2 Å². The fraction of sp³-hybridized carbons (Fsp3) is 0.167. The number of fused-ring (bicyclic) bond motifs is 1. The van der Waals surface area contributed by atoms with Gasteiger partial charge in [-0.3, -0.25) is 9.59 Å². The zero-order valence-electron chi connectivity index (χ0n) is 13.5. The van der Waals surface area contributed by atoms with Crippen LogP contribution in [0.25, 0.3) is 16.9 Å². The molecule has 0 radical (unpaired) electrons. The van der Waals surface area contributed by atoms with Gasteiger partial charge in [-0.2, -0.15) is 0 Å². The Bertz CT molecular complexity index is 916. The van der Waals surface area contributed by atoms with Gasteiger partial charge >= 0.3 is 5.97 Å². The molecule has 0 aliphatic carbocycles. The monoisotopic (exact) mass is 338 g/mol. The van der Waals surface area contributed by atoms with Crippen LogP contribution in [0.15, 0.2) is 48.8 Å². The summed E-state index contributed by atoms with van der Waals surface area (Å²) < 4.78 is 1.92. The lowest BCUT2D eigenvalue weighted by Gasteiger charge is -2.04. The minimum Gasteiger partial charge on any atom is -0.481 e. The lowest BCUT2D eigenvalue weighted by molar-refractivity contribution is -0.136. The van der Waals surface area contributed by atoms with Crippen LogP contribution in [0.2, 0.25) is 0 Å². The summed E-state index contributed by atoms with van der Waals surface area (Å²) in [7, 11) is 0. The number of pyridine rings is 1. The van der Waals surface area contributed by atoms with Crippen molar-refractivity contribution in [1.82, 2.24) is 14.7 Å². The van der Waals surface area contributed by atoms with Crippen LogP contribution in [0.5, 0.6) is 0 Å². The van der Waals surface area contributed by atoms with E-state index in [0.29, 0.717) is 12.1 Å². The van der Waals surface area contributed by atoms with E-state index in [-0.39, 0.29) is 18.9 Å². The molecule has 2 aromatic heterocycles. The van der Waals surface area contributed by atoms with Crippen molar-refractivity contribution in [2.24, 2.45) is 5.73 Å². The van der Waals surface area contributed by atoms with Gasteiger partial charge in [-0.15, -0.1) is 0 Å². The second-order valence-corrected chi connectivity index (χ2v) is 5.61. The SMILES string of the molecule is NCc1ccc2nc(-c3ccc(C(=O)NCCC(=O)O)cc3)cn2c1. The van der Waals surface area contributed by atoms with Gasteiger partial charge in [0.1, 0.15) is 5.65 Å². The minimum atomic E-state index is -0.944. The molecule has 0 saturated carbocycles. The zero-order valence-corrected chi connectivity index (χ0v) is 13.5. The fourth-order valence-electron chi connectivity index (χ4n) is 2.48. The van der Waals surface area contributed by atoms with Crippen LogP contribution in [0, 0.1) is 0 Å². The maximum atomic E-state index is 11.9. The Kier molecular flexibility index (Phi) is 4.76. The van der Waals surface area contributed by atoms with Crippen molar-refractivity contribution in [3.63, 3.8) is 0 Å². The van der Waals surface area contributed by atoms with Crippen molar-refractivity contribution < 1.29 is 14.7 Å². The molecule has 4 N–H and O–H groups in total. The Morgan fingerprint density at radius 2 is 1.88 bits per heavy atom. The van der Waals surface area contributed by atoms with E-state index in [9.17, 15) is 9.59 Å². The van der Waals surface area contributed by atoms with Crippen LogP contribution in [-0.2, 0) is 11.3 Å². The first-order chi connectivity index (χ1) is 12.1. The Morgan fingerprint density at radius 1 is 1.12 bits per heavy atom. The summed E-state index contributed by atoms with van der Waals surface area (Å²) in [6, 6.07) is 10.9. The summed E-state index contributed by atoms with van der Waals surface area (Å²) >= 11 is 0. The number of benzene rings is 1. The highest BCUT2D eigenvalue weighted by molar-refractivity contribution is 5.94. The van der Waals surface area contributed by atoms with Crippen LogP contribution in [0.1, 0.15) is 22.3 Å². The molecular formula is C18H18N4O3. The molecule has 3 aromatic rings. The third-order valence-electron chi connectivity index (χ3n) is 3.82. The minimum absolute atomic E-state index is 0.101. The number of carboxylic acid groups (broad SMARTS) is 1. The summed E-state index contributed by atoms with van der Waals surface area (Å²) in [5.41, 5.74) is 9.65. The molecule has 1 aromatic carbocycles. The molecule has 0 atom stereocenters. The number of hydrogen-bond acceptors (Lipinski definition) is 4. The topological polar surface area (TPSA) is 110 Å². The molecule has 0 spiro atoms. The van der Waals surface area contributed by atoms with E-state index in [0.717, 1.165) is 22.5 Å². The molecule has 0 aliphatic heterocycles. The second kappa shape index (κ2) is 7.14. The molecule has 0 unspecified atom stereocenters. The fourth-order valence-corrected chi connectivity index (χ4v) is 2.48. The summed E-state index contributed by atoms with van der Waals surface area (Å²) in [4.78, 5) is 27.0. The maximum Gasteiger partial charge on any atom is 0.305 e. The number of amides is 1. The number of nitrogens with two attached hydrogens (primary N) is 1. The molecule has 1 amide bonds. The Balaban J connectivity index is 1.75. The maximum absolute atomic E-state index is 11.9. The number of rotatable bonds is 6. The smallest absolute Gasteiger partial charge is 0.305 e. The highest BCUT2D eigenvalue weighted by Gasteiger charge is 2.08. The summed E-state index contributed by atoms with van der Waals surface area (Å²) in [6.45, 7) is 0.570. The normalized spacial score (nSPS) is 10.8. The number of carbonyl (C=O) groups is 2. The van der Waals surface area contributed by atoms with Crippen molar-refractivity contribution in [3.8, 4) is 11.3 Å². The molecule has 25 heavy (non-hydrogen) atoms. The van der Waals surface area contributed by atoms with Crippen LogP contribution >= 0.6 is 0 Å². The molecule has 0 aliphatic rings. The quantitative estimate of drug-likeness (QED) is 0.633. The van der Waals surface area contributed by atoms with Gasteiger partial charge in [-0.05, 0) is 23.8 Å². The average molecular weight is 338 g/mol. The second-order valence-electron chi connectivity index (χ2n) is 5.61. The molecular weight excluding hydrogens is 320 g/mol. The Labute approximate surface area is 144 Å². The van der Waals surface area contributed by atoms with Gasteiger partial charge < -0.3 is 20.6 Å². The van der Waals surface area contributed by atoms with Crippen molar-refractivity contribution >= 4 is 17.5 Å². The van der Waals surface area contributed by atoms with Crippen LogP contribution in [0.3, 0.4) is 0 Å². The van der Waals surface area contributed by atoms with Crippen molar-refractivity contribution in [3.05, 3.63) is 59.9 Å². The number of nitrogens with zero attached hydrogens (tertiary/aromatic N) is 2. The number of aliphatic carboxylic acids is 1. The van der Waals surface area contributed by atoms with Gasteiger partial charge in [0.15, 0.2) is 0 Å². The standard InChI is InChI=1S/C18H18N4O3/c19-9-12-1-6-16-21-15(11-22(16)10-12)13-2-4-14(5-3-13)18(25)20-8-7-17(23)24/h1-6,10-11H,7-9,19H2,(H,20,25)(H,23,24). The van der Waals surface area contributed by atoms with E-state index in [2.05, 4.69) is 10.3 Å². The molecule has 3 rings (SSSR count). The third kappa shape index (κ3) is 3.84. The van der Waals surface area contributed by atoms with Gasteiger partial charge in [0, 0.05) is 36.6 Å². The van der Waals surface area contributed by atoms with E-state index in [1.165, 1.54) is 0 Å². The van der Waals surface area contributed by atoms with E-state index in [4.69, 9.17) is 10.8 Å². The highest BCUT2D eigenvalue weighted by atomic mass is 16.4. The first-order valence-electron chi connectivity index (χ1n) is 7.85. The third-order valence-corrected chi connectivity index (χ3v) is 3.82. The van der Waals surface area contributed by atoms with Gasteiger partial charge in [0.05, 0.1) is 12.1 Å². The predicted octanol–water partition coefficient (Wildman–Crippen LogP) is 1.66. The van der Waals surface area contributed by atoms with Crippen LogP contribution < -0.4 is 11.1 Å².